The van der Waals surface area contributed by atoms with Crippen molar-refractivity contribution in [3.63, 3.8) is 0 Å². The molecule has 0 saturated carbocycles. The molecule has 98 valence electrons. The van der Waals surface area contributed by atoms with Gasteiger partial charge in [0.1, 0.15) is 6.04 Å². The quantitative estimate of drug-likeness (QED) is 0.894. The molecular weight excluding hydrogens is 277 g/mol. The zero-order valence-electron chi connectivity index (χ0n) is 9.51. The van der Waals surface area contributed by atoms with Gasteiger partial charge in [0.25, 0.3) is 0 Å². The molecule has 0 amide bonds. The van der Waals surface area contributed by atoms with Gasteiger partial charge >= 0.3 is 5.97 Å². The minimum atomic E-state index is -0.926. The first-order valence-electron chi connectivity index (χ1n) is 5.57. The molecule has 1 saturated heterocycles. The van der Waals surface area contributed by atoms with Crippen molar-refractivity contribution in [2.24, 2.45) is 0 Å². The largest absolute Gasteiger partial charge is 0.480 e. The highest BCUT2D eigenvalue weighted by Gasteiger charge is 2.36. The molecule has 0 radical (unpaired) electrons. The third-order valence-corrected chi connectivity index (χ3v) is 3.93. The number of benzene rings is 1. The minimum absolute atomic E-state index is 0.244. The van der Waals surface area contributed by atoms with Crippen LogP contribution >= 0.6 is 23.2 Å². The summed E-state index contributed by atoms with van der Waals surface area (Å²) in [5.41, 5.74) is 0.768. The lowest BCUT2D eigenvalue weighted by molar-refractivity contribution is -0.142. The summed E-state index contributed by atoms with van der Waals surface area (Å²) in [5, 5.41) is 19.5. The van der Waals surface area contributed by atoms with Crippen LogP contribution in [-0.2, 0) is 11.3 Å². The smallest absolute Gasteiger partial charge is 0.321 e. The Morgan fingerprint density at radius 3 is 2.83 bits per heavy atom. The van der Waals surface area contributed by atoms with Crippen LogP contribution in [0.2, 0.25) is 10.0 Å². The van der Waals surface area contributed by atoms with Crippen LogP contribution in [0.3, 0.4) is 0 Å². The highest BCUT2D eigenvalue weighted by atomic mass is 35.5. The summed E-state index contributed by atoms with van der Waals surface area (Å²) in [5.74, 6) is -0.926. The third kappa shape index (κ3) is 2.78. The van der Waals surface area contributed by atoms with Gasteiger partial charge in [-0.2, -0.15) is 0 Å². The molecule has 0 spiro atoms. The lowest BCUT2D eigenvalue weighted by atomic mass is 10.1. The number of hydrogen-bond donors (Lipinski definition) is 2. The fraction of sp³-hybridized carbons (Fsp3) is 0.417. The van der Waals surface area contributed by atoms with Crippen molar-refractivity contribution in [2.45, 2.75) is 25.1 Å². The number of β-amino-alcohol motifs (C(OH)–C–C–N with tert-alkyl or cyclic N) is 1. The van der Waals surface area contributed by atoms with Gasteiger partial charge in [0, 0.05) is 19.5 Å². The number of halogens is 2. The number of aliphatic hydroxyl groups is 1. The molecule has 1 aromatic rings. The molecule has 1 aliphatic rings. The standard InChI is InChI=1S/C12H13Cl2NO3/c13-9-3-1-2-7(11(9)14)5-15-6-8(16)4-10(15)12(17)18/h1-3,8,10,16H,4-6H2,(H,17,18). The Morgan fingerprint density at radius 2 is 2.17 bits per heavy atom. The monoisotopic (exact) mass is 289 g/mol. The summed E-state index contributed by atoms with van der Waals surface area (Å²) in [4.78, 5) is 12.8. The van der Waals surface area contributed by atoms with Crippen molar-refractivity contribution >= 4 is 29.2 Å². The third-order valence-electron chi connectivity index (χ3n) is 3.07. The Hall–Kier alpha value is -0.810. The van der Waals surface area contributed by atoms with Gasteiger partial charge < -0.3 is 10.2 Å². The average Bonchev–Trinajstić information content (AvgIpc) is 2.66. The molecule has 1 aromatic carbocycles. The number of hydrogen-bond acceptors (Lipinski definition) is 3. The minimum Gasteiger partial charge on any atom is -0.480 e. The van der Waals surface area contributed by atoms with Crippen LogP contribution in [0.4, 0.5) is 0 Å². The molecule has 0 bridgehead atoms. The van der Waals surface area contributed by atoms with Gasteiger partial charge in [-0.05, 0) is 11.6 Å². The van der Waals surface area contributed by atoms with E-state index in [0.29, 0.717) is 23.1 Å². The van der Waals surface area contributed by atoms with E-state index in [-0.39, 0.29) is 6.42 Å². The first kappa shape index (κ1) is 13.6. The number of carboxylic acids is 1. The summed E-state index contributed by atoms with van der Waals surface area (Å²) >= 11 is 12.0. The first-order valence-corrected chi connectivity index (χ1v) is 6.32. The van der Waals surface area contributed by atoms with Crippen molar-refractivity contribution in [1.82, 2.24) is 4.90 Å². The Balaban J connectivity index is 2.17. The van der Waals surface area contributed by atoms with E-state index in [1.165, 1.54) is 0 Å². The van der Waals surface area contributed by atoms with Gasteiger partial charge in [-0.3, -0.25) is 9.69 Å². The van der Waals surface area contributed by atoms with Crippen LogP contribution in [0.15, 0.2) is 18.2 Å². The van der Waals surface area contributed by atoms with E-state index in [2.05, 4.69) is 0 Å². The summed E-state index contributed by atoms with van der Waals surface area (Å²) in [6.45, 7) is 0.702. The summed E-state index contributed by atoms with van der Waals surface area (Å²) < 4.78 is 0. The van der Waals surface area contributed by atoms with Crippen molar-refractivity contribution < 1.29 is 15.0 Å². The molecule has 2 atom stereocenters. The Morgan fingerprint density at radius 1 is 1.44 bits per heavy atom. The lowest BCUT2D eigenvalue weighted by Gasteiger charge is -2.21. The Labute approximate surface area is 115 Å². The fourth-order valence-electron chi connectivity index (χ4n) is 2.20. The zero-order chi connectivity index (χ0) is 13.3. The second kappa shape index (κ2) is 5.45. The van der Waals surface area contributed by atoms with E-state index >= 15 is 0 Å². The highest BCUT2D eigenvalue weighted by Crippen LogP contribution is 2.29. The van der Waals surface area contributed by atoms with Crippen LogP contribution in [0.25, 0.3) is 0 Å². The maximum Gasteiger partial charge on any atom is 0.321 e. The Kier molecular flexibility index (Phi) is 4.12. The molecule has 2 rings (SSSR count). The van der Waals surface area contributed by atoms with Crippen molar-refractivity contribution in [1.29, 1.82) is 0 Å². The average molecular weight is 290 g/mol. The van der Waals surface area contributed by atoms with E-state index in [4.69, 9.17) is 28.3 Å². The van der Waals surface area contributed by atoms with Crippen LogP contribution in [-0.4, -0.2) is 39.8 Å². The zero-order valence-corrected chi connectivity index (χ0v) is 11.0. The number of aliphatic hydroxyl groups excluding tert-OH is 1. The molecule has 2 N–H and O–H groups in total. The van der Waals surface area contributed by atoms with Crippen LogP contribution in [0.1, 0.15) is 12.0 Å². The predicted molar refractivity (Wildman–Crippen MR) is 68.9 cm³/mol. The molecular formula is C12H13Cl2NO3. The molecule has 1 aliphatic heterocycles. The van der Waals surface area contributed by atoms with Gasteiger partial charge in [-0.25, -0.2) is 0 Å². The van der Waals surface area contributed by atoms with Crippen LogP contribution in [0.5, 0.6) is 0 Å². The van der Waals surface area contributed by atoms with Crippen LogP contribution < -0.4 is 0 Å². The molecule has 2 unspecified atom stereocenters. The Bertz CT molecular complexity index is 467. The number of rotatable bonds is 3. The van der Waals surface area contributed by atoms with Gasteiger partial charge in [0.05, 0.1) is 16.1 Å². The molecule has 18 heavy (non-hydrogen) atoms. The normalized spacial score (nSPS) is 24.4. The SMILES string of the molecule is O=C(O)C1CC(O)CN1Cc1cccc(Cl)c1Cl. The molecule has 4 nitrogen and oxygen atoms in total. The second-order valence-corrected chi connectivity index (χ2v) is 5.17. The van der Waals surface area contributed by atoms with Gasteiger partial charge in [0.15, 0.2) is 0 Å². The topological polar surface area (TPSA) is 60.8 Å². The second-order valence-electron chi connectivity index (χ2n) is 4.39. The van der Waals surface area contributed by atoms with Gasteiger partial charge in [-0.15, -0.1) is 0 Å². The molecule has 0 aromatic heterocycles. The maximum atomic E-state index is 11.1. The summed E-state index contributed by atoms with van der Waals surface area (Å²) in [6.07, 6.45) is -0.364. The number of carboxylic acid groups (broad SMARTS) is 1. The molecule has 0 aliphatic carbocycles. The highest BCUT2D eigenvalue weighted by molar-refractivity contribution is 6.42. The fourth-order valence-corrected chi connectivity index (χ4v) is 2.58. The van der Waals surface area contributed by atoms with Crippen molar-refractivity contribution in [3.8, 4) is 0 Å². The first-order chi connectivity index (χ1) is 8.49. The number of nitrogens with zero attached hydrogens (tertiary/aromatic N) is 1. The number of aliphatic carboxylic acids is 1. The van der Waals surface area contributed by atoms with E-state index in [0.717, 1.165) is 5.56 Å². The van der Waals surface area contributed by atoms with E-state index in [1.807, 2.05) is 0 Å². The summed E-state index contributed by atoms with van der Waals surface area (Å²) in [7, 11) is 0. The lowest BCUT2D eigenvalue weighted by Crippen LogP contribution is -2.35. The number of carbonyl (C=O) groups is 1. The van der Waals surface area contributed by atoms with Gasteiger partial charge in [0.2, 0.25) is 0 Å². The predicted octanol–water partition coefficient (Wildman–Crippen LogP) is 2.01. The maximum absolute atomic E-state index is 11.1. The van der Waals surface area contributed by atoms with Gasteiger partial charge in [-0.1, -0.05) is 35.3 Å². The van der Waals surface area contributed by atoms with E-state index in [1.54, 1.807) is 23.1 Å². The molecule has 1 heterocycles. The van der Waals surface area contributed by atoms with Crippen molar-refractivity contribution in [3.05, 3.63) is 33.8 Å². The van der Waals surface area contributed by atoms with Crippen molar-refractivity contribution in [2.75, 3.05) is 6.54 Å². The molecule has 6 heteroatoms. The van der Waals surface area contributed by atoms with E-state index < -0.39 is 18.1 Å². The summed E-state index contributed by atoms with van der Waals surface area (Å²) in [6, 6.07) is 4.58. The molecule has 1 fully saturated rings. The van der Waals surface area contributed by atoms with Crippen LogP contribution in [0, 0.1) is 0 Å². The van der Waals surface area contributed by atoms with E-state index in [9.17, 15) is 9.90 Å². The number of likely N-dealkylation sites (tertiary alicyclic amines) is 1.